The molecule has 0 radical (unpaired) electrons. The second kappa shape index (κ2) is 8.63. The number of ether oxygens (including phenoxy) is 3. The van der Waals surface area contributed by atoms with E-state index in [9.17, 15) is 14.4 Å². The highest BCUT2D eigenvalue weighted by molar-refractivity contribution is 5.95. The number of Topliss-reactive ketones (excluding diaryl/α,β-unsaturated/α-hetero) is 1. The molecule has 0 fully saturated rings. The van der Waals surface area contributed by atoms with Crippen LogP contribution in [-0.4, -0.2) is 31.4 Å². The van der Waals surface area contributed by atoms with Crippen LogP contribution < -0.4 is 9.47 Å². The van der Waals surface area contributed by atoms with Gasteiger partial charge in [0.15, 0.2) is 12.4 Å². The van der Waals surface area contributed by atoms with Gasteiger partial charge in [-0.15, -0.1) is 0 Å². The van der Waals surface area contributed by atoms with Crippen LogP contribution in [0.25, 0.3) is 0 Å². The van der Waals surface area contributed by atoms with Gasteiger partial charge in [-0.25, -0.2) is 9.59 Å². The van der Waals surface area contributed by atoms with Crippen molar-refractivity contribution in [1.29, 1.82) is 0 Å². The van der Waals surface area contributed by atoms with Crippen LogP contribution in [0.4, 0.5) is 0 Å². The summed E-state index contributed by atoms with van der Waals surface area (Å²) >= 11 is 0. The van der Waals surface area contributed by atoms with E-state index in [1.807, 2.05) is 0 Å². The minimum atomic E-state index is -0.584. The lowest BCUT2D eigenvalue weighted by atomic mass is 10.1. The molecular formula is C19H18O6. The third kappa shape index (κ3) is 5.17. The van der Waals surface area contributed by atoms with Crippen molar-refractivity contribution in [2.45, 2.75) is 13.3 Å². The molecule has 0 saturated carbocycles. The van der Waals surface area contributed by atoms with E-state index in [1.165, 1.54) is 31.4 Å². The molecule has 25 heavy (non-hydrogen) atoms. The Kier molecular flexibility index (Phi) is 6.28. The molecule has 2 rings (SSSR count). The van der Waals surface area contributed by atoms with E-state index >= 15 is 0 Å². The maximum Gasteiger partial charge on any atom is 0.349 e. The zero-order chi connectivity index (χ0) is 18.2. The van der Waals surface area contributed by atoms with E-state index in [-0.39, 0.29) is 12.4 Å². The topological polar surface area (TPSA) is 78.9 Å². The predicted octanol–water partition coefficient (Wildman–Crippen LogP) is 3.05. The summed E-state index contributed by atoms with van der Waals surface area (Å²) in [6.07, 6.45) is 0.432. The molecule has 6 heteroatoms. The highest BCUT2D eigenvalue weighted by Crippen LogP contribution is 2.15. The van der Waals surface area contributed by atoms with Crippen LogP contribution in [0.2, 0.25) is 0 Å². The van der Waals surface area contributed by atoms with Gasteiger partial charge in [0, 0.05) is 12.0 Å². The van der Waals surface area contributed by atoms with E-state index in [1.54, 1.807) is 31.2 Å². The summed E-state index contributed by atoms with van der Waals surface area (Å²) in [4.78, 5) is 34.6. The van der Waals surface area contributed by atoms with E-state index in [0.717, 1.165) is 0 Å². The maximum absolute atomic E-state index is 11.8. The highest BCUT2D eigenvalue weighted by atomic mass is 16.6. The molecule has 130 valence electrons. The zero-order valence-electron chi connectivity index (χ0n) is 14.0. The van der Waals surface area contributed by atoms with Crippen molar-refractivity contribution in [2.75, 3.05) is 13.7 Å². The molecule has 0 unspecified atom stereocenters. The Morgan fingerprint density at radius 1 is 0.840 bits per heavy atom. The fourth-order valence-electron chi connectivity index (χ4n) is 2.02. The van der Waals surface area contributed by atoms with Crippen molar-refractivity contribution in [1.82, 2.24) is 0 Å². The summed E-state index contributed by atoms with van der Waals surface area (Å²) in [5.74, 6) is -0.247. The molecule has 2 aromatic rings. The summed E-state index contributed by atoms with van der Waals surface area (Å²) in [6, 6.07) is 12.5. The second-order valence-corrected chi connectivity index (χ2v) is 5.08. The third-order valence-corrected chi connectivity index (χ3v) is 3.36. The van der Waals surface area contributed by atoms with Crippen molar-refractivity contribution in [3.63, 3.8) is 0 Å². The molecule has 0 atom stereocenters. The molecular weight excluding hydrogens is 324 g/mol. The van der Waals surface area contributed by atoms with E-state index in [4.69, 9.17) is 9.47 Å². The Morgan fingerprint density at radius 2 is 1.40 bits per heavy atom. The van der Waals surface area contributed by atoms with Gasteiger partial charge in [-0.05, 0) is 48.5 Å². The number of methoxy groups -OCH3 is 1. The highest BCUT2D eigenvalue weighted by Gasteiger charge is 2.09. The van der Waals surface area contributed by atoms with E-state index < -0.39 is 11.9 Å². The van der Waals surface area contributed by atoms with Gasteiger partial charge in [0.2, 0.25) is 0 Å². The van der Waals surface area contributed by atoms with E-state index in [2.05, 4.69) is 4.74 Å². The third-order valence-electron chi connectivity index (χ3n) is 3.36. The smallest absolute Gasteiger partial charge is 0.349 e. The number of hydrogen-bond donors (Lipinski definition) is 0. The van der Waals surface area contributed by atoms with Crippen LogP contribution in [0.5, 0.6) is 11.5 Å². The van der Waals surface area contributed by atoms with Crippen molar-refractivity contribution in [3.05, 3.63) is 59.7 Å². The fourth-order valence-corrected chi connectivity index (χ4v) is 2.02. The Hall–Kier alpha value is -3.15. The van der Waals surface area contributed by atoms with Crippen LogP contribution in [0.15, 0.2) is 48.5 Å². The van der Waals surface area contributed by atoms with Gasteiger partial charge in [0.05, 0.1) is 12.7 Å². The van der Waals surface area contributed by atoms with Crippen LogP contribution in [0.1, 0.15) is 34.1 Å². The number of carbonyl (C=O) groups excluding carboxylic acids is 3. The average Bonchev–Trinajstić information content (AvgIpc) is 2.66. The van der Waals surface area contributed by atoms with Gasteiger partial charge in [-0.2, -0.15) is 0 Å². The van der Waals surface area contributed by atoms with Gasteiger partial charge in [-0.3, -0.25) is 4.79 Å². The molecule has 0 amide bonds. The normalized spacial score (nSPS) is 10.0. The Labute approximate surface area is 145 Å². The first-order valence-corrected chi connectivity index (χ1v) is 7.68. The van der Waals surface area contributed by atoms with Crippen LogP contribution in [0.3, 0.4) is 0 Å². The molecule has 6 nitrogen and oxygen atoms in total. The minimum absolute atomic E-state index is 0.0429. The van der Waals surface area contributed by atoms with Gasteiger partial charge >= 0.3 is 11.9 Å². The van der Waals surface area contributed by atoms with E-state index in [0.29, 0.717) is 29.0 Å². The van der Waals surface area contributed by atoms with Gasteiger partial charge in [-0.1, -0.05) is 6.92 Å². The number of ketones is 1. The number of carbonyl (C=O) groups is 3. The Balaban J connectivity index is 1.86. The first-order valence-electron chi connectivity index (χ1n) is 7.68. The van der Waals surface area contributed by atoms with Crippen LogP contribution in [0, 0.1) is 0 Å². The van der Waals surface area contributed by atoms with Gasteiger partial charge in [0.1, 0.15) is 11.5 Å². The van der Waals surface area contributed by atoms with Crippen molar-refractivity contribution in [2.24, 2.45) is 0 Å². The van der Waals surface area contributed by atoms with Gasteiger partial charge < -0.3 is 14.2 Å². The van der Waals surface area contributed by atoms with Gasteiger partial charge in [0.25, 0.3) is 0 Å². The molecule has 0 heterocycles. The average molecular weight is 342 g/mol. The second-order valence-electron chi connectivity index (χ2n) is 5.08. The molecule has 2 aromatic carbocycles. The summed E-state index contributed by atoms with van der Waals surface area (Å²) in [7, 11) is 1.29. The molecule has 0 saturated heterocycles. The summed E-state index contributed by atoms with van der Waals surface area (Å²) < 4.78 is 15.0. The summed E-state index contributed by atoms with van der Waals surface area (Å²) in [5, 5.41) is 0. The Morgan fingerprint density at radius 3 is 1.96 bits per heavy atom. The minimum Gasteiger partial charge on any atom is -0.482 e. The summed E-state index contributed by atoms with van der Waals surface area (Å²) in [6.45, 7) is 1.51. The largest absolute Gasteiger partial charge is 0.482 e. The molecule has 0 aliphatic rings. The van der Waals surface area contributed by atoms with Crippen molar-refractivity contribution in [3.8, 4) is 11.5 Å². The maximum atomic E-state index is 11.8. The number of benzene rings is 2. The lowest BCUT2D eigenvalue weighted by Gasteiger charge is -2.08. The van der Waals surface area contributed by atoms with Crippen molar-refractivity contribution < 1.29 is 28.6 Å². The lowest BCUT2D eigenvalue weighted by molar-refractivity contribution is -0.136. The molecule has 0 N–H and O–H groups in total. The first kappa shape index (κ1) is 18.2. The van der Waals surface area contributed by atoms with Crippen LogP contribution in [-0.2, 0) is 9.53 Å². The Bertz CT molecular complexity index is 746. The number of rotatable bonds is 7. The predicted molar refractivity (Wildman–Crippen MR) is 90.0 cm³/mol. The number of esters is 2. The summed E-state index contributed by atoms with van der Waals surface area (Å²) in [5.41, 5.74) is 0.961. The molecule has 0 aliphatic carbocycles. The quantitative estimate of drug-likeness (QED) is 0.437. The molecule has 0 spiro atoms. The first-order chi connectivity index (χ1) is 12.0. The number of hydrogen-bond acceptors (Lipinski definition) is 6. The molecule has 0 aliphatic heterocycles. The monoisotopic (exact) mass is 342 g/mol. The molecule has 0 bridgehead atoms. The molecule has 0 aromatic heterocycles. The van der Waals surface area contributed by atoms with Crippen LogP contribution >= 0.6 is 0 Å². The lowest BCUT2D eigenvalue weighted by Crippen LogP contribution is -2.17. The van der Waals surface area contributed by atoms with Crippen molar-refractivity contribution >= 4 is 17.7 Å². The SMILES string of the molecule is CCC(=O)c1ccc(OCC(=O)Oc2ccc(C(=O)OC)cc2)cc1. The fraction of sp³-hybridized carbons (Fsp3) is 0.211. The standard InChI is InChI=1S/C19H18O6/c1-3-17(20)13-4-8-15(9-5-13)24-12-18(21)25-16-10-6-14(7-11-16)19(22)23-2/h4-11H,3,12H2,1-2H3. The zero-order valence-corrected chi connectivity index (χ0v) is 14.0.